The Morgan fingerprint density at radius 2 is 1.92 bits per heavy atom. The fourth-order valence-corrected chi connectivity index (χ4v) is 2.08. The number of hydrogen-bond acceptors (Lipinski definition) is 5. The molecule has 24 heavy (non-hydrogen) atoms. The highest BCUT2D eigenvalue weighted by atomic mass is 16.5. The number of hydrogen-bond donors (Lipinski definition) is 2. The van der Waals surface area contributed by atoms with E-state index >= 15 is 0 Å². The number of rotatable bonds is 7. The summed E-state index contributed by atoms with van der Waals surface area (Å²) in [6.45, 7) is 3.21. The van der Waals surface area contributed by atoms with Gasteiger partial charge >= 0.3 is 0 Å². The minimum atomic E-state index is -0.715. The van der Waals surface area contributed by atoms with Crippen LogP contribution >= 0.6 is 0 Å². The molecule has 1 aromatic carbocycles. The lowest BCUT2D eigenvalue weighted by Gasteiger charge is -2.15. The molecule has 1 atom stereocenters. The number of ether oxygens (including phenoxy) is 1. The summed E-state index contributed by atoms with van der Waals surface area (Å²) in [5.74, 6) is 0.109. The lowest BCUT2D eigenvalue weighted by Crippen LogP contribution is -2.36. The van der Waals surface area contributed by atoms with Crippen LogP contribution in [0.1, 0.15) is 35.6 Å². The zero-order valence-corrected chi connectivity index (χ0v) is 13.7. The molecule has 0 radical (unpaired) electrons. The second-order valence-corrected chi connectivity index (χ2v) is 5.34. The van der Waals surface area contributed by atoms with Gasteiger partial charge in [-0.2, -0.15) is 0 Å². The Morgan fingerprint density at radius 1 is 1.21 bits per heavy atom. The zero-order chi connectivity index (χ0) is 17.5. The molecule has 0 aliphatic heterocycles. The maximum Gasteiger partial charge on any atom is 0.261 e. The van der Waals surface area contributed by atoms with E-state index < -0.39 is 6.10 Å². The van der Waals surface area contributed by atoms with Gasteiger partial charge in [0.1, 0.15) is 5.75 Å². The summed E-state index contributed by atoms with van der Waals surface area (Å²) in [6.07, 6.45) is -0.715. The molecule has 6 nitrogen and oxygen atoms in total. The topological polar surface area (TPSA) is 88.5 Å². The number of aromatic nitrogens is 1. The Kier molecular flexibility index (Phi) is 6.03. The highest BCUT2D eigenvalue weighted by molar-refractivity contribution is 5.94. The van der Waals surface area contributed by atoms with Crippen LogP contribution in [0.5, 0.6) is 5.75 Å². The van der Waals surface area contributed by atoms with Crippen LogP contribution in [0.3, 0.4) is 0 Å². The highest BCUT2D eigenvalue weighted by Gasteiger charge is 2.15. The molecule has 0 aliphatic rings. The van der Waals surface area contributed by atoms with E-state index in [9.17, 15) is 9.59 Å². The van der Waals surface area contributed by atoms with Gasteiger partial charge in [-0.25, -0.2) is 0 Å². The number of aliphatic hydroxyl groups excluding tert-OH is 1. The van der Waals surface area contributed by atoms with Crippen molar-refractivity contribution in [1.82, 2.24) is 10.3 Å². The van der Waals surface area contributed by atoms with Crippen LogP contribution in [-0.4, -0.2) is 27.9 Å². The van der Waals surface area contributed by atoms with Crippen molar-refractivity contribution < 1.29 is 19.4 Å². The SMILES string of the molecule is CC(=O)c1cccc(OC(C)C(=O)NCc2cccc(CO)n2)c1. The van der Waals surface area contributed by atoms with Gasteiger partial charge in [-0.1, -0.05) is 18.2 Å². The Balaban J connectivity index is 1.92. The largest absolute Gasteiger partial charge is 0.481 e. The van der Waals surface area contributed by atoms with Crippen LogP contribution in [0.2, 0.25) is 0 Å². The minimum absolute atomic E-state index is 0.0626. The van der Waals surface area contributed by atoms with Crippen molar-refractivity contribution in [2.75, 3.05) is 0 Å². The molecule has 0 saturated heterocycles. The average molecular weight is 328 g/mol. The molecule has 1 amide bonds. The van der Waals surface area contributed by atoms with Crippen molar-refractivity contribution in [3.63, 3.8) is 0 Å². The van der Waals surface area contributed by atoms with Crippen LogP contribution in [-0.2, 0) is 17.9 Å². The molecule has 0 spiro atoms. The van der Waals surface area contributed by atoms with E-state index in [0.29, 0.717) is 22.7 Å². The number of pyridine rings is 1. The molecule has 1 unspecified atom stereocenters. The van der Waals surface area contributed by atoms with Gasteiger partial charge in [-0.3, -0.25) is 14.6 Å². The number of nitrogens with one attached hydrogen (secondary N) is 1. The van der Waals surface area contributed by atoms with Crippen molar-refractivity contribution >= 4 is 11.7 Å². The molecule has 2 aromatic rings. The lowest BCUT2D eigenvalue weighted by atomic mass is 10.1. The van der Waals surface area contributed by atoms with Crippen molar-refractivity contribution in [3.8, 4) is 5.75 Å². The Morgan fingerprint density at radius 3 is 2.62 bits per heavy atom. The third kappa shape index (κ3) is 4.89. The van der Waals surface area contributed by atoms with Crippen molar-refractivity contribution in [2.24, 2.45) is 0 Å². The van der Waals surface area contributed by atoms with Gasteiger partial charge in [0.05, 0.1) is 24.5 Å². The van der Waals surface area contributed by atoms with Gasteiger partial charge in [0.25, 0.3) is 5.91 Å². The molecule has 2 N–H and O–H groups in total. The fourth-order valence-electron chi connectivity index (χ4n) is 2.08. The van der Waals surface area contributed by atoms with E-state index in [-0.39, 0.29) is 24.8 Å². The molecular weight excluding hydrogens is 308 g/mol. The first-order chi connectivity index (χ1) is 11.5. The van der Waals surface area contributed by atoms with Crippen molar-refractivity contribution in [1.29, 1.82) is 0 Å². The van der Waals surface area contributed by atoms with Gasteiger partial charge < -0.3 is 15.2 Å². The third-order valence-electron chi connectivity index (χ3n) is 3.39. The molecule has 0 fully saturated rings. The summed E-state index contributed by atoms with van der Waals surface area (Å²) in [4.78, 5) is 27.7. The van der Waals surface area contributed by atoms with Crippen LogP contribution < -0.4 is 10.1 Å². The third-order valence-corrected chi connectivity index (χ3v) is 3.39. The first-order valence-electron chi connectivity index (χ1n) is 7.60. The Bertz CT molecular complexity index is 730. The summed E-state index contributed by atoms with van der Waals surface area (Å²) < 4.78 is 5.58. The number of carbonyl (C=O) groups excluding carboxylic acids is 2. The maximum absolute atomic E-state index is 12.1. The standard InChI is InChI=1S/C18H20N2O4/c1-12(22)14-5-3-8-17(9-14)24-13(2)18(23)19-10-15-6-4-7-16(11-21)20-15/h3-9,13,21H,10-11H2,1-2H3,(H,19,23). The summed E-state index contributed by atoms with van der Waals surface area (Å²) in [6, 6.07) is 12.0. The van der Waals surface area contributed by atoms with Gasteiger partial charge in [-0.05, 0) is 38.1 Å². The van der Waals surface area contributed by atoms with Gasteiger partial charge in [-0.15, -0.1) is 0 Å². The molecule has 0 aliphatic carbocycles. The Hall–Kier alpha value is -2.73. The molecule has 126 valence electrons. The normalized spacial score (nSPS) is 11.6. The van der Waals surface area contributed by atoms with Crippen LogP contribution in [0.4, 0.5) is 0 Å². The smallest absolute Gasteiger partial charge is 0.261 e. The second kappa shape index (κ2) is 8.21. The van der Waals surface area contributed by atoms with E-state index in [2.05, 4.69) is 10.3 Å². The second-order valence-electron chi connectivity index (χ2n) is 5.34. The fraction of sp³-hybridized carbons (Fsp3) is 0.278. The molecule has 0 bridgehead atoms. The first-order valence-corrected chi connectivity index (χ1v) is 7.60. The molecule has 0 saturated carbocycles. The Labute approximate surface area is 140 Å². The summed E-state index contributed by atoms with van der Waals surface area (Å²) >= 11 is 0. The van der Waals surface area contributed by atoms with E-state index in [0.717, 1.165) is 0 Å². The molecule has 6 heteroatoms. The number of nitrogens with zero attached hydrogens (tertiary/aromatic N) is 1. The summed E-state index contributed by atoms with van der Waals surface area (Å²) in [5, 5.41) is 11.8. The van der Waals surface area contributed by atoms with E-state index in [4.69, 9.17) is 9.84 Å². The highest BCUT2D eigenvalue weighted by Crippen LogP contribution is 2.15. The number of Topliss-reactive ketones (excluding diaryl/α,β-unsaturated/α-hetero) is 1. The lowest BCUT2D eigenvalue weighted by molar-refractivity contribution is -0.127. The first kappa shape index (κ1) is 17.6. The molecular formula is C18H20N2O4. The average Bonchev–Trinajstić information content (AvgIpc) is 2.60. The molecule has 1 heterocycles. The van der Waals surface area contributed by atoms with Crippen LogP contribution in [0.15, 0.2) is 42.5 Å². The van der Waals surface area contributed by atoms with Crippen molar-refractivity contribution in [3.05, 3.63) is 59.4 Å². The van der Waals surface area contributed by atoms with Gasteiger partial charge in [0, 0.05) is 5.56 Å². The number of carbonyl (C=O) groups is 2. The zero-order valence-electron chi connectivity index (χ0n) is 13.7. The predicted molar refractivity (Wildman–Crippen MR) is 88.5 cm³/mol. The van der Waals surface area contributed by atoms with E-state index in [1.54, 1.807) is 49.4 Å². The molecule has 2 rings (SSSR count). The maximum atomic E-state index is 12.1. The number of ketones is 1. The minimum Gasteiger partial charge on any atom is -0.481 e. The number of benzene rings is 1. The predicted octanol–water partition coefficient (Wildman–Crippen LogP) is 1.86. The summed E-state index contributed by atoms with van der Waals surface area (Å²) in [5.41, 5.74) is 1.73. The number of aliphatic hydroxyl groups is 1. The van der Waals surface area contributed by atoms with Gasteiger partial charge in [0.15, 0.2) is 11.9 Å². The van der Waals surface area contributed by atoms with Crippen molar-refractivity contribution in [2.45, 2.75) is 33.1 Å². The monoisotopic (exact) mass is 328 g/mol. The van der Waals surface area contributed by atoms with Crippen LogP contribution in [0.25, 0.3) is 0 Å². The van der Waals surface area contributed by atoms with Crippen LogP contribution in [0, 0.1) is 0 Å². The van der Waals surface area contributed by atoms with Gasteiger partial charge in [0.2, 0.25) is 0 Å². The van der Waals surface area contributed by atoms with E-state index in [1.807, 2.05) is 0 Å². The summed E-state index contributed by atoms with van der Waals surface area (Å²) in [7, 11) is 0. The molecule has 1 aromatic heterocycles. The quantitative estimate of drug-likeness (QED) is 0.757. The number of amides is 1. The van der Waals surface area contributed by atoms with E-state index in [1.165, 1.54) is 6.92 Å².